The predicted molar refractivity (Wildman–Crippen MR) is 294 cm³/mol. The molecule has 0 bridgehead atoms. The highest BCUT2D eigenvalue weighted by Gasteiger charge is 2.56. The van der Waals surface area contributed by atoms with E-state index in [0.29, 0.717) is 83.5 Å². The van der Waals surface area contributed by atoms with Crippen molar-refractivity contribution in [3.8, 4) is 0 Å². The third-order valence-electron chi connectivity index (χ3n) is 17.3. The van der Waals surface area contributed by atoms with Crippen LogP contribution in [0.15, 0.2) is 101 Å². The number of amides is 4. The number of aryl methyl sites for hydroxylation is 1. The van der Waals surface area contributed by atoms with E-state index in [1.54, 1.807) is 42.6 Å². The Balaban J connectivity index is 0.973. The molecule has 3 aromatic carbocycles. The summed E-state index contributed by atoms with van der Waals surface area (Å²) in [4.78, 5) is 98.0. The molecule has 9 rings (SSSR count). The van der Waals surface area contributed by atoms with Gasteiger partial charge in [-0.3, -0.25) is 43.7 Å². The van der Waals surface area contributed by atoms with E-state index in [2.05, 4.69) is 50.2 Å². The van der Waals surface area contributed by atoms with Crippen LogP contribution in [-0.2, 0) is 25.6 Å². The summed E-state index contributed by atoms with van der Waals surface area (Å²) in [5.74, 6) is -1.87. The number of carbonyl (C=O) groups is 6. The summed E-state index contributed by atoms with van der Waals surface area (Å²) >= 11 is 0. The lowest BCUT2D eigenvalue weighted by molar-refractivity contribution is -0.137. The van der Waals surface area contributed by atoms with Gasteiger partial charge in [-0.05, 0) is 184 Å². The quantitative estimate of drug-likeness (QED) is 0.0662. The molecule has 4 amide bonds. The average molecular weight is 1060 g/mol. The third kappa shape index (κ3) is 12.1. The van der Waals surface area contributed by atoms with E-state index in [9.17, 15) is 23.6 Å². The third-order valence-corrected chi connectivity index (χ3v) is 17.3. The standard InChI is InChI=1S/C62H74FN7O8/c1-38(2)39-25-31-61(32-26-39)67-53(41-19-22-48(63)23-20-41)58(77)69(61)50(40-9-15-44(16-10-40)56(75)64-35-29-51(71)72)8-6-7-49-24-21-46(37-66-49)54-59(78)70(62(68-54)33-27-47(28-34-62)60(3,4)5)55(42-11-12-42)43-13-17-45(18-14-43)57(76)65-36-30-52(73)74/h9-10,13-24,37-39,42,47,50,55H,6-8,11-12,25-36H2,1-5H3,(H,64,75)(H,65,76)(H,71,72)(H,73,74). The van der Waals surface area contributed by atoms with E-state index >= 15 is 9.59 Å². The molecular formula is C62H74FN7O8. The zero-order valence-electron chi connectivity index (χ0n) is 45.6. The molecule has 4 aromatic rings. The molecule has 78 heavy (non-hydrogen) atoms. The zero-order valence-corrected chi connectivity index (χ0v) is 45.6. The number of rotatable bonds is 20. The Morgan fingerprint density at radius 3 is 1.65 bits per heavy atom. The molecule has 5 aliphatic rings. The summed E-state index contributed by atoms with van der Waals surface area (Å²) in [6.07, 6.45) is 11.4. The van der Waals surface area contributed by atoms with Crippen LogP contribution in [0.4, 0.5) is 4.39 Å². The normalized spacial score (nSPS) is 23.1. The fourth-order valence-corrected chi connectivity index (χ4v) is 12.6. The molecule has 3 saturated carbocycles. The van der Waals surface area contributed by atoms with E-state index in [1.165, 1.54) is 12.1 Å². The van der Waals surface area contributed by atoms with Crippen molar-refractivity contribution >= 4 is 47.0 Å². The molecule has 2 spiro atoms. The van der Waals surface area contributed by atoms with Gasteiger partial charge in [0.2, 0.25) is 0 Å². The van der Waals surface area contributed by atoms with Gasteiger partial charge in [-0.25, -0.2) is 4.39 Å². The Morgan fingerprint density at radius 1 is 0.654 bits per heavy atom. The van der Waals surface area contributed by atoms with Crippen LogP contribution in [0.3, 0.4) is 0 Å². The number of nitrogens with zero attached hydrogens (tertiary/aromatic N) is 5. The summed E-state index contributed by atoms with van der Waals surface area (Å²) in [5, 5.41) is 23.5. The Hall–Kier alpha value is -7.10. The molecule has 412 valence electrons. The van der Waals surface area contributed by atoms with E-state index in [-0.39, 0.29) is 61.0 Å². The predicted octanol–water partition coefficient (Wildman–Crippen LogP) is 10.3. The number of carboxylic acids is 2. The molecule has 0 radical (unpaired) electrons. The summed E-state index contributed by atoms with van der Waals surface area (Å²) in [6, 6.07) is 23.6. The molecule has 16 heteroatoms. The maximum Gasteiger partial charge on any atom is 0.305 e. The molecule has 3 aliphatic carbocycles. The van der Waals surface area contributed by atoms with Crippen LogP contribution in [0.1, 0.15) is 185 Å². The Labute approximate surface area is 456 Å². The van der Waals surface area contributed by atoms with Gasteiger partial charge >= 0.3 is 11.9 Å². The van der Waals surface area contributed by atoms with E-state index in [4.69, 9.17) is 25.2 Å². The lowest BCUT2D eigenvalue weighted by atomic mass is 9.69. The van der Waals surface area contributed by atoms with Crippen molar-refractivity contribution in [3.05, 3.63) is 136 Å². The first-order chi connectivity index (χ1) is 37.3. The maximum absolute atomic E-state index is 15.2. The second kappa shape index (κ2) is 23.1. The molecule has 3 fully saturated rings. The Bertz CT molecular complexity index is 2930. The number of aromatic nitrogens is 1. The fraction of sp³-hybridized carbons (Fsp3) is 0.500. The number of carbonyl (C=O) groups excluding carboxylic acids is 4. The molecule has 2 unspecified atom stereocenters. The average Bonchev–Trinajstić information content (AvgIpc) is 4.39. The molecule has 0 saturated heterocycles. The van der Waals surface area contributed by atoms with Crippen LogP contribution >= 0.6 is 0 Å². The van der Waals surface area contributed by atoms with Gasteiger partial charge in [-0.2, -0.15) is 0 Å². The first-order valence-corrected chi connectivity index (χ1v) is 28.0. The van der Waals surface area contributed by atoms with Crippen LogP contribution < -0.4 is 10.6 Å². The van der Waals surface area contributed by atoms with Gasteiger partial charge in [-0.15, -0.1) is 0 Å². The van der Waals surface area contributed by atoms with Crippen molar-refractivity contribution < 1.29 is 43.4 Å². The number of carboxylic acid groups (broad SMARTS) is 2. The molecule has 15 nitrogen and oxygen atoms in total. The fourth-order valence-electron chi connectivity index (χ4n) is 12.6. The van der Waals surface area contributed by atoms with Crippen molar-refractivity contribution in [1.29, 1.82) is 0 Å². The van der Waals surface area contributed by atoms with Gasteiger partial charge in [0.05, 0.1) is 24.9 Å². The number of pyridine rings is 1. The number of aliphatic carboxylic acids is 2. The van der Waals surface area contributed by atoms with Crippen molar-refractivity contribution in [2.24, 2.45) is 39.1 Å². The number of halogens is 1. The summed E-state index contributed by atoms with van der Waals surface area (Å²) < 4.78 is 14.2. The monoisotopic (exact) mass is 1060 g/mol. The van der Waals surface area contributed by atoms with Crippen LogP contribution in [0.25, 0.3) is 0 Å². The zero-order chi connectivity index (χ0) is 55.5. The molecule has 4 N–H and O–H groups in total. The van der Waals surface area contributed by atoms with Gasteiger partial charge < -0.3 is 30.6 Å². The Kier molecular flexibility index (Phi) is 16.5. The first kappa shape index (κ1) is 55.6. The number of nitrogens with one attached hydrogen (secondary N) is 2. The minimum Gasteiger partial charge on any atom is -0.481 e. The minimum atomic E-state index is -1.01. The SMILES string of the molecule is CC(C)C1CCC2(CC1)N=C(c1ccc(F)cc1)C(=O)N2C(CCCc1ccc(C2=NC3(CCC(C(C)(C)C)CC3)N(C(c3ccc(C(=O)NCCC(=O)O)cc3)C3CC3)C2=O)cn1)c1ccc(C(=O)NCCC(=O)O)cc1. The number of benzene rings is 3. The lowest BCUT2D eigenvalue weighted by Crippen LogP contribution is -2.52. The smallest absolute Gasteiger partial charge is 0.305 e. The minimum absolute atomic E-state index is 0.0122. The summed E-state index contributed by atoms with van der Waals surface area (Å²) in [7, 11) is 0. The van der Waals surface area contributed by atoms with E-state index in [0.717, 1.165) is 68.2 Å². The van der Waals surface area contributed by atoms with Crippen LogP contribution in [0.5, 0.6) is 0 Å². The van der Waals surface area contributed by atoms with Gasteiger partial charge in [0.15, 0.2) is 0 Å². The largest absolute Gasteiger partial charge is 0.481 e. The maximum atomic E-state index is 15.2. The highest BCUT2D eigenvalue weighted by atomic mass is 19.1. The lowest BCUT2D eigenvalue weighted by Gasteiger charge is -2.47. The van der Waals surface area contributed by atoms with Gasteiger partial charge in [-0.1, -0.05) is 58.9 Å². The number of hydrogen-bond acceptors (Lipinski definition) is 9. The van der Waals surface area contributed by atoms with E-state index in [1.807, 2.05) is 41.3 Å². The highest BCUT2D eigenvalue weighted by molar-refractivity contribution is 6.47. The molecule has 2 atom stereocenters. The van der Waals surface area contributed by atoms with Crippen molar-refractivity contribution in [2.45, 2.75) is 154 Å². The number of aliphatic imine (C=N–C) groups is 2. The topological polar surface area (TPSA) is 211 Å². The van der Waals surface area contributed by atoms with E-state index < -0.39 is 41.0 Å². The number of hydrogen-bond donors (Lipinski definition) is 4. The van der Waals surface area contributed by atoms with Crippen LogP contribution in [0.2, 0.25) is 0 Å². The van der Waals surface area contributed by atoms with Gasteiger partial charge in [0.25, 0.3) is 23.6 Å². The summed E-state index contributed by atoms with van der Waals surface area (Å²) in [5.41, 5.74) is 3.76. The second-order valence-electron chi connectivity index (χ2n) is 23.7. The first-order valence-electron chi connectivity index (χ1n) is 28.0. The summed E-state index contributed by atoms with van der Waals surface area (Å²) in [6.45, 7) is 11.3. The van der Waals surface area contributed by atoms with Crippen molar-refractivity contribution in [1.82, 2.24) is 25.4 Å². The molecular weight excluding hydrogens is 990 g/mol. The Morgan fingerprint density at radius 2 is 1.15 bits per heavy atom. The van der Waals surface area contributed by atoms with Crippen LogP contribution in [-0.4, -0.2) is 96.4 Å². The van der Waals surface area contributed by atoms with Gasteiger partial charge in [0, 0.05) is 47.2 Å². The van der Waals surface area contributed by atoms with Crippen LogP contribution in [0, 0.1) is 34.9 Å². The molecule has 1 aromatic heterocycles. The van der Waals surface area contributed by atoms with Crippen molar-refractivity contribution in [2.75, 3.05) is 13.1 Å². The highest BCUT2D eigenvalue weighted by Crippen LogP contribution is 2.54. The van der Waals surface area contributed by atoms with Gasteiger partial charge in [0.1, 0.15) is 28.6 Å². The molecule has 3 heterocycles. The second-order valence-corrected chi connectivity index (χ2v) is 23.7. The van der Waals surface area contributed by atoms with Crippen molar-refractivity contribution in [3.63, 3.8) is 0 Å². The molecule has 2 aliphatic heterocycles.